The normalized spacial score (nSPS) is 15.9. The van der Waals surface area contributed by atoms with Gasteiger partial charge in [-0.3, -0.25) is 0 Å². The molecule has 1 saturated heterocycles. The second-order valence-electron chi connectivity index (χ2n) is 7.33. The summed E-state index contributed by atoms with van der Waals surface area (Å²) in [6.45, 7) is 9.62. The van der Waals surface area contributed by atoms with Crippen LogP contribution < -0.4 is 9.62 Å². The summed E-state index contributed by atoms with van der Waals surface area (Å²) in [7, 11) is -1.49. The van der Waals surface area contributed by atoms with E-state index in [0.717, 1.165) is 54.3 Å². The van der Waals surface area contributed by atoms with E-state index in [1.807, 2.05) is 45.0 Å². The summed E-state index contributed by atoms with van der Waals surface area (Å²) in [5, 5.41) is 0. The minimum Gasteiger partial charge on any atom is -0.354 e. The average Bonchev–Trinajstić information content (AvgIpc) is 2.60. The van der Waals surface area contributed by atoms with Gasteiger partial charge in [0.1, 0.15) is 5.82 Å². The van der Waals surface area contributed by atoms with E-state index < -0.39 is 10.0 Å². The summed E-state index contributed by atoms with van der Waals surface area (Å²) in [5.74, 6) is 0.866. The fraction of sp³-hybridized carbons (Fsp3) is 0.450. The Kier molecular flexibility index (Phi) is 5.83. The minimum atomic E-state index is -3.60. The zero-order valence-corrected chi connectivity index (χ0v) is 17.3. The van der Waals surface area contributed by atoms with E-state index in [9.17, 15) is 8.42 Å². The van der Waals surface area contributed by atoms with Crippen molar-refractivity contribution in [2.75, 3.05) is 38.1 Å². The Balaban J connectivity index is 1.81. The molecular weight excluding hydrogens is 360 g/mol. The van der Waals surface area contributed by atoms with Crippen molar-refractivity contribution in [1.82, 2.24) is 14.6 Å². The van der Waals surface area contributed by atoms with Gasteiger partial charge in [0.15, 0.2) is 0 Å². The fourth-order valence-electron chi connectivity index (χ4n) is 3.71. The number of nitrogens with zero attached hydrogens (tertiary/aromatic N) is 3. The van der Waals surface area contributed by atoms with Crippen molar-refractivity contribution in [1.29, 1.82) is 0 Å². The molecule has 3 rings (SSSR count). The van der Waals surface area contributed by atoms with Gasteiger partial charge in [0.2, 0.25) is 10.0 Å². The third-order valence-corrected chi connectivity index (χ3v) is 6.70. The Morgan fingerprint density at radius 3 is 2.33 bits per heavy atom. The Bertz CT molecular complexity index is 896. The topological polar surface area (TPSA) is 65.5 Å². The van der Waals surface area contributed by atoms with E-state index in [1.54, 1.807) is 6.20 Å². The van der Waals surface area contributed by atoms with Gasteiger partial charge in [-0.05, 0) is 45.0 Å². The van der Waals surface area contributed by atoms with Gasteiger partial charge >= 0.3 is 0 Å². The first kappa shape index (κ1) is 19.8. The van der Waals surface area contributed by atoms with Crippen LogP contribution in [0.3, 0.4) is 0 Å². The number of rotatable bonds is 5. The van der Waals surface area contributed by atoms with Crippen LogP contribution in [0.25, 0.3) is 0 Å². The summed E-state index contributed by atoms with van der Waals surface area (Å²) >= 11 is 0. The maximum Gasteiger partial charge on any atom is 0.241 e. The third kappa shape index (κ3) is 4.48. The van der Waals surface area contributed by atoms with Crippen molar-refractivity contribution in [3.05, 3.63) is 52.7 Å². The predicted molar refractivity (Wildman–Crippen MR) is 109 cm³/mol. The van der Waals surface area contributed by atoms with Crippen molar-refractivity contribution in [3.63, 3.8) is 0 Å². The highest BCUT2D eigenvalue weighted by atomic mass is 32.2. The van der Waals surface area contributed by atoms with Gasteiger partial charge < -0.3 is 9.80 Å². The lowest BCUT2D eigenvalue weighted by Crippen LogP contribution is -2.45. The van der Waals surface area contributed by atoms with Crippen LogP contribution in [0, 0.1) is 20.8 Å². The van der Waals surface area contributed by atoms with E-state index in [0.29, 0.717) is 4.90 Å². The van der Waals surface area contributed by atoms with Crippen LogP contribution >= 0.6 is 0 Å². The second kappa shape index (κ2) is 7.96. The number of sulfonamides is 1. The van der Waals surface area contributed by atoms with Crippen molar-refractivity contribution < 1.29 is 8.42 Å². The van der Waals surface area contributed by atoms with E-state index in [2.05, 4.69) is 26.6 Å². The highest BCUT2D eigenvalue weighted by molar-refractivity contribution is 7.89. The van der Waals surface area contributed by atoms with Crippen molar-refractivity contribution in [2.45, 2.75) is 32.2 Å². The number of hydrogen-bond donors (Lipinski definition) is 1. The van der Waals surface area contributed by atoms with Crippen molar-refractivity contribution >= 4 is 15.8 Å². The molecule has 0 bridgehead atoms. The molecule has 0 spiro atoms. The summed E-state index contributed by atoms with van der Waals surface area (Å²) < 4.78 is 28.7. The number of hydrogen-bond acceptors (Lipinski definition) is 5. The summed E-state index contributed by atoms with van der Waals surface area (Å²) in [6.07, 6.45) is 1.76. The summed E-state index contributed by atoms with van der Waals surface area (Å²) in [5.41, 5.74) is 3.50. The molecule has 1 aliphatic rings. The molecule has 1 fully saturated rings. The number of anilines is 1. The van der Waals surface area contributed by atoms with Gasteiger partial charge in [-0.1, -0.05) is 23.8 Å². The van der Waals surface area contributed by atoms with Gasteiger partial charge in [0.25, 0.3) is 0 Å². The van der Waals surface area contributed by atoms with Gasteiger partial charge in [-0.15, -0.1) is 0 Å². The van der Waals surface area contributed by atoms with Crippen LogP contribution in [0.1, 0.15) is 22.3 Å². The smallest absolute Gasteiger partial charge is 0.241 e. The summed E-state index contributed by atoms with van der Waals surface area (Å²) in [4.78, 5) is 9.40. The van der Waals surface area contributed by atoms with Crippen LogP contribution in [-0.2, 0) is 16.6 Å². The third-order valence-electron chi connectivity index (χ3n) is 5.00. The molecule has 0 unspecified atom stereocenters. The van der Waals surface area contributed by atoms with E-state index in [-0.39, 0.29) is 6.54 Å². The molecule has 0 aliphatic carbocycles. The number of pyridine rings is 1. The lowest BCUT2D eigenvalue weighted by atomic mass is 10.1. The molecule has 7 heteroatoms. The average molecular weight is 389 g/mol. The number of nitrogens with one attached hydrogen (secondary N) is 1. The Labute approximate surface area is 162 Å². The summed E-state index contributed by atoms with van der Waals surface area (Å²) in [6, 6.07) is 7.60. The minimum absolute atomic E-state index is 0.227. The van der Waals surface area contributed by atoms with Crippen LogP contribution in [0.15, 0.2) is 35.4 Å². The number of aryl methyl sites for hydroxylation is 3. The van der Waals surface area contributed by atoms with E-state index in [4.69, 9.17) is 0 Å². The number of aromatic nitrogens is 1. The van der Waals surface area contributed by atoms with Crippen LogP contribution in [-0.4, -0.2) is 51.5 Å². The predicted octanol–water partition coefficient (Wildman–Crippen LogP) is 2.24. The fourth-order valence-corrected chi connectivity index (χ4v) is 5.16. The molecule has 6 nitrogen and oxygen atoms in total. The molecule has 1 aromatic heterocycles. The molecule has 0 amide bonds. The van der Waals surface area contributed by atoms with Gasteiger partial charge in [-0.2, -0.15) is 0 Å². The lowest BCUT2D eigenvalue weighted by molar-refractivity contribution is 0.312. The van der Waals surface area contributed by atoms with Crippen LogP contribution in [0.2, 0.25) is 0 Å². The van der Waals surface area contributed by atoms with Gasteiger partial charge in [0.05, 0.1) is 4.90 Å². The molecule has 2 heterocycles. The monoisotopic (exact) mass is 388 g/mol. The second-order valence-corrected chi connectivity index (χ2v) is 9.03. The Hall–Kier alpha value is -1.96. The van der Waals surface area contributed by atoms with E-state index >= 15 is 0 Å². The first-order chi connectivity index (χ1) is 12.8. The standard InChI is InChI=1S/C20H28N4O2S/c1-15-12-16(2)19(17(3)13-15)27(25,26)22-14-18-6-5-7-21-20(18)24-10-8-23(4)9-11-24/h5-7,12-13,22H,8-11,14H2,1-4H3. The van der Waals surface area contributed by atoms with Crippen LogP contribution in [0.5, 0.6) is 0 Å². The molecule has 0 radical (unpaired) electrons. The molecule has 1 aromatic carbocycles. The SMILES string of the molecule is Cc1cc(C)c(S(=O)(=O)NCc2cccnc2N2CCN(C)CC2)c(C)c1. The zero-order valence-electron chi connectivity index (χ0n) is 16.5. The molecular formula is C20H28N4O2S. The highest BCUT2D eigenvalue weighted by Crippen LogP contribution is 2.23. The largest absolute Gasteiger partial charge is 0.354 e. The number of likely N-dealkylation sites (N-methyl/N-ethyl adjacent to an activating group) is 1. The van der Waals surface area contributed by atoms with Gasteiger partial charge in [0, 0.05) is 44.5 Å². The molecule has 0 atom stereocenters. The highest BCUT2D eigenvalue weighted by Gasteiger charge is 2.22. The molecule has 146 valence electrons. The Morgan fingerprint density at radius 1 is 1.07 bits per heavy atom. The molecule has 27 heavy (non-hydrogen) atoms. The number of benzene rings is 1. The van der Waals surface area contributed by atoms with E-state index in [1.165, 1.54) is 0 Å². The first-order valence-corrected chi connectivity index (χ1v) is 10.7. The van der Waals surface area contributed by atoms with Crippen molar-refractivity contribution in [2.24, 2.45) is 0 Å². The quantitative estimate of drug-likeness (QED) is 0.851. The first-order valence-electron chi connectivity index (χ1n) is 9.23. The van der Waals surface area contributed by atoms with Crippen LogP contribution in [0.4, 0.5) is 5.82 Å². The zero-order chi connectivity index (χ0) is 19.6. The molecule has 0 saturated carbocycles. The molecule has 2 aromatic rings. The Morgan fingerprint density at radius 2 is 1.70 bits per heavy atom. The molecule has 1 N–H and O–H groups in total. The maximum absolute atomic E-state index is 12.9. The van der Waals surface area contributed by atoms with Gasteiger partial charge in [-0.25, -0.2) is 18.1 Å². The lowest BCUT2D eigenvalue weighted by Gasteiger charge is -2.34. The number of piperazine rings is 1. The maximum atomic E-state index is 12.9. The van der Waals surface area contributed by atoms with Crippen molar-refractivity contribution in [3.8, 4) is 0 Å². The molecule has 1 aliphatic heterocycles.